The van der Waals surface area contributed by atoms with Crippen molar-refractivity contribution in [3.05, 3.63) is 12.2 Å². The molecule has 0 unspecified atom stereocenters. The molecule has 0 rings (SSSR count). The van der Waals surface area contributed by atoms with Crippen molar-refractivity contribution in [2.45, 2.75) is 27.7 Å². The standard InChI is InChI=1S/C13H27NO/c1-12(2)10-14(5)8-6-7-9-15-11-13(3)4/h6-7,12-13H,8-11H2,1-5H3/b7-6+. The van der Waals surface area contributed by atoms with Crippen LogP contribution in [0.3, 0.4) is 0 Å². The lowest BCUT2D eigenvalue weighted by molar-refractivity contribution is 0.134. The van der Waals surface area contributed by atoms with Gasteiger partial charge in [0, 0.05) is 19.7 Å². The van der Waals surface area contributed by atoms with Gasteiger partial charge in [-0.3, -0.25) is 0 Å². The SMILES string of the molecule is CC(C)COC/C=C/CN(C)CC(C)C. The van der Waals surface area contributed by atoms with Crippen LogP contribution >= 0.6 is 0 Å². The molecule has 0 saturated heterocycles. The third-order valence-electron chi connectivity index (χ3n) is 1.93. The van der Waals surface area contributed by atoms with Gasteiger partial charge >= 0.3 is 0 Å². The molecule has 0 aliphatic heterocycles. The Morgan fingerprint density at radius 3 is 2.27 bits per heavy atom. The first-order valence-electron chi connectivity index (χ1n) is 5.93. The molecular formula is C13H27NO. The molecule has 0 radical (unpaired) electrons. The zero-order valence-corrected chi connectivity index (χ0v) is 11.0. The summed E-state index contributed by atoms with van der Waals surface area (Å²) < 4.78 is 5.45. The van der Waals surface area contributed by atoms with Gasteiger partial charge in [-0.15, -0.1) is 0 Å². The van der Waals surface area contributed by atoms with Gasteiger partial charge in [-0.1, -0.05) is 39.8 Å². The van der Waals surface area contributed by atoms with Gasteiger partial charge in [0.15, 0.2) is 0 Å². The highest BCUT2D eigenvalue weighted by molar-refractivity contribution is 4.84. The summed E-state index contributed by atoms with van der Waals surface area (Å²) in [5, 5.41) is 0. The number of hydrogen-bond acceptors (Lipinski definition) is 2. The maximum absolute atomic E-state index is 5.45. The zero-order valence-electron chi connectivity index (χ0n) is 11.0. The van der Waals surface area contributed by atoms with E-state index < -0.39 is 0 Å². The van der Waals surface area contributed by atoms with Gasteiger partial charge in [0.1, 0.15) is 0 Å². The molecule has 0 N–H and O–H groups in total. The molecule has 0 atom stereocenters. The lowest BCUT2D eigenvalue weighted by atomic mass is 10.2. The lowest BCUT2D eigenvalue weighted by Gasteiger charge is -2.16. The summed E-state index contributed by atoms with van der Waals surface area (Å²) in [6, 6.07) is 0. The van der Waals surface area contributed by atoms with Crippen LogP contribution in [0.2, 0.25) is 0 Å². The van der Waals surface area contributed by atoms with E-state index in [1.807, 2.05) is 0 Å². The van der Waals surface area contributed by atoms with Gasteiger partial charge in [0.05, 0.1) is 6.61 Å². The third kappa shape index (κ3) is 11.6. The largest absolute Gasteiger partial charge is 0.377 e. The maximum atomic E-state index is 5.45. The van der Waals surface area contributed by atoms with Crippen molar-refractivity contribution >= 4 is 0 Å². The Kier molecular flexibility index (Phi) is 8.73. The molecule has 2 nitrogen and oxygen atoms in total. The molecule has 0 aliphatic rings. The Morgan fingerprint density at radius 1 is 1.07 bits per heavy atom. The van der Waals surface area contributed by atoms with Crippen LogP contribution < -0.4 is 0 Å². The van der Waals surface area contributed by atoms with Gasteiger partial charge in [0.25, 0.3) is 0 Å². The number of likely N-dealkylation sites (N-methyl/N-ethyl adjacent to an activating group) is 1. The van der Waals surface area contributed by atoms with Crippen molar-refractivity contribution in [1.82, 2.24) is 4.90 Å². The molecule has 0 fully saturated rings. The molecular weight excluding hydrogens is 186 g/mol. The van der Waals surface area contributed by atoms with Crippen molar-refractivity contribution in [3.8, 4) is 0 Å². The number of rotatable bonds is 8. The summed E-state index contributed by atoms with van der Waals surface area (Å²) in [7, 11) is 2.15. The van der Waals surface area contributed by atoms with Gasteiger partial charge in [-0.25, -0.2) is 0 Å². The van der Waals surface area contributed by atoms with Crippen LogP contribution in [-0.4, -0.2) is 38.3 Å². The minimum Gasteiger partial charge on any atom is -0.377 e. The molecule has 0 aromatic heterocycles. The third-order valence-corrected chi connectivity index (χ3v) is 1.93. The van der Waals surface area contributed by atoms with E-state index in [0.29, 0.717) is 5.92 Å². The van der Waals surface area contributed by atoms with E-state index in [0.717, 1.165) is 32.2 Å². The second-order valence-electron chi connectivity index (χ2n) is 5.02. The van der Waals surface area contributed by atoms with Crippen molar-refractivity contribution in [3.63, 3.8) is 0 Å². The van der Waals surface area contributed by atoms with E-state index in [2.05, 4.69) is 51.8 Å². The van der Waals surface area contributed by atoms with E-state index in [9.17, 15) is 0 Å². The number of hydrogen-bond donors (Lipinski definition) is 0. The summed E-state index contributed by atoms with van der Waals surface area (Å²) in [6.45, 7) is 12.6. The minimum absolute atomic E-state index is 0.627. The lowest BCUT2D eigenvalue weighted by Crippen LogP contribution is -2.23. The molecule has 2 heteroatoms. The first-order chi connectivity index (χ1) is 7.02. The Hall–Kier alpha value is -0.340. The zero-order chi connectivity index (χ0) is 11.7. The molecule has 0 spiro atoms. The minimum atomic E-state index is 0.627. The highest BCUT2D eigenvalue weighted by atomic mass is 16.5. The predicted octanol–water partition coefficient (Wildman–Crippen LogP) is 2.80. The summed E-state index contributed by atoms with van der Waals surface area (Å²) >= 11 is 0. The molecule has 90 valence electrons. The second kappa shape index (κ2) is 8.93. The van der Waals surface area contributed by atoms with Crippen LogP contribution in [-0.2, 0) is 4.74 Å². The maximum Gasteiger partial charge on any atom is 0.0648 e. The molecule has 0 saturated carbocycles. The van der Waals surface area contributed by atoms with Crippen molar-refractivity contribution in [2.24, 2.45) is 11.8 Å². The molecule has 15 heavy (non-hydrogen) atoms. The average molecular weight is 213 g/mol. The Labute approximate surface area is 95.3 Å². The fraction of sp³-hybridized carbons (Fsp3) is 0.846. The smallest absolute Gasteiger partial charge is 0.0648 e. The fourth-order valence-electron chi connectivity index (χ4n) is 1.39. The van der Waals surface area contributed by atoms with Crippen LogP contribution in [0.15, 0.2) is 12.2 Å². The quantitative estimate of drug-likeness (QED) is 0.454. The van der Waals surface area contributed by atoms with Crippen LogP contribution in [0.25, 0.3) is 0 Å². The van der Waals surface area contributed by atoms with E-state index in [1.165, 1.54) is 0 Å². The van der Waals surface area contributed by atoms with Gasteiger partial charge in [0.2, 0.25) is 0 Å². The monoisotopic (exact) mass is 213 g/mol. The summed E-state index contributed by atoms with van der Waals surface area (Å²) in [6.07, 6.45) is 4.29. The van der Waals surface area contributed by atoms with Crippen LogP contribution in [0.5, 0.6) is 0 Å². The van der Waals surface area contributed by atoms with Crippen LogP contribution in [0.1, 0.15) is 27.7 Å². The first kappa shape index (κ1) is 14.7. The van der Waals surface area contributed by atoms with Crippen LogP contribution in [0, 0.1) is 11.8 Å². The predicted molar refractivity (Wildman–Crippen MR) is 67.1 cm³/mol. The van der Waals surface area contributed by atoms with Crippen molar-refractivity contribution in [2.75, 3.05) is 33.4 Å². The van der Waals surface area contributed by atoms with E-state index in [-0.39, 0.29) is 0 Å². The molecule has 0 aromatic rings. The van der Waals surface area contributed by atoms with Crippen LogP contribution in [0.4, 0.5) is 0 Å². The molecule has 0 amide bonds. The summed E-state index contributed by atoms with van der Waals surface area (Å²) in [5.74, 6) is 1.36. The topological polar surface area (TPSA) is 12.5 Å². The highest BCUT2D eigenvalue weighted by Crippen LogP contribution is 1.96. The highest BCUT2D eigenvalue weighted by Gasteiger charge is 1.98. The van der Waals surface area contributed by atoms with Gasteiger partial charge in [-0.2, -0.15) is 0 Å². The van der Waals surface area contributed by atoms with Crippen molar-refractivity contribution < 1.29 is 4.74 Å². The Morgan fingerprint density at radius 2 is 1.73 bits per heavy atom. The molecule has 0 aliphatic carbocycles. The van der Waals surface area contributed by atoms with E-state index >= 15 is 0 Å². The van der Waals surface area contributed by atoms with E-state index in [1.54, 1.807) is 0 Å². The second-order valence-corrected chi connectivity index (χ2v) is 5.02. The number of ether oxygens (including phenoxy) is 1. The summed E-state index contributed by atoms with van der Waals surface area (Å²) in [4.78, 5) is 2.32. The summed E-state index contributed by atoms with van der Waals surface area (Å²) in [5.41, 5.74) is 0. The Bertz CT molecular complexity index is 164. The fourth-order valence-corrected chi connectivity index (χ4v) is 1.39. The molecule has 0 heterocycles. The van der Waals surface area contributed by atoms with Crippen molar-refractivity contribution in [1.29, 1.82) is 0 Å². The average Bonchev–Trinajstić information content (AvgIpc) is 2.09. The molecule has 0 bridgehead atoms. The number of nitrogens with zero attached hydrogens (tertiary/aromatic N) is 1. The first-order valence-corrected chi connectivity index (χ1v) is 5.93. The van der Waals surface area contributed by atoms with Gasteiger partial charge in [-0.05, 0) is 18.9 Å². The molecule has 0 aromatic carbocycles. The normalized spacial score (nSPS) is 12.5. The van der Waals surface area contributed by atoms with E-state index in [4.69, 9.17) is 4.74 Å². The van der Waals surface area contributed by atoms with Gasteiger partial charge < -0.3 is 9.64 Å². The Balaban J connectivity index is 3.37.